The Morgan fingerprint density at radius 1 is 1.00 bits per heavy atom. The number of ether oxygens (including phenoxy) is 2. The van der Waals surface area contributed by atoms with Crippen molar-refractivity contribution in [1.82, 2.24) is 9.21 Å². The van der Waals surface area contributed by atoms with Gasteiger partial charge in [-0.2, -0.15) is 4.31 Å². The molecule has 7 nitrogen and oxygen atoms in total. The molecule has 2 aromatic rings. The molecule has 1 amide bonds. The second-order valence-corrected chi connectivity index (χ2v) is 8.95. The van der Waals surface area contributed by atoms with Gasteiger partial charge >= 0.3 is 0 Å². The van der Waals surface area contributed by atoms with Crippen LogP contribution in [0.4, 0.5) is 0 Å². The summed E-state index contributed by atoms with van der Waals surface area (Å²) in [7, 11) is -0.577. The van der Waals surface area contributed by atoms with Gasteiger partial charge in [0.25, 0.3) is 0 Å². The molecule has 2 aromatic carbocycles. The van der Waals surface area contributed by atoms with Crippen LogP contribution in [0.5, 0.6) is 11.5 Å². The molecule has 1 heterocycles. The van der Waals surface area contributed by atoms with Crippen LogP contribution in [0.15, 0.2) is 53.4 Å². The van der Waals surface area contributed by atoms with Gasteiger partial charge in [-0.05, 0) is 35.9 Å². The van der Waals surface area contributed by atoms with Crippen molar-refractivity contribution in [3.63, 3.8) is 0 Å². The maximum Gasteiger partial charge on any atom is 0.246 e. The number of amides is 1. The van der Waals surface area contributed by atoms with E-state index in [4.69, 9.17) is 21.1 Å². The molecule has 9 heteroatoms. The number of hydrogen-bond acceptors (Lipinski definition) is 5. The highest BCUT2D eigenvalue weighted by Gasteiger charge is 2.30. The fraction of sp³-hybridized carbons (Fsp3) is 0.286. The van der Waals surface area contributed by atoms with Gasteiger partial charge in [-0.1, -0.05) is 23.7 Å². The van der Waals surface area contributed by atoms with E-state index in [1.807, 2.05) is 0 Å². The van der Waals surface area contributed by atoms with Crippen LogP contribution in [-0.2, 0) is 14.8 Å². The molecule has 160 valence electrons. The van der Waals surface area contributed by atoms with E-state index in [-0.39, 0.29) is 28.9 Å². The number of carbonyl (C=O) groups is 1. The number of sulfonamides is 1. The van der Waals surface area contributed by atoms with Gasteiger partial charge in [-0.25, -0.2) is 8.42 Å². The van der Waals surface area contributed by atoms with Gasteiger partial charge in [0.05, 0.1) is 19.2 Å². The topological polar surface area (TPSA) is 76.2 Å². The molecule has 0 aliphatic carbocycles. The Balaban J connectivity index is 1.65. The Kier molecular flexibility index (Phi) is 7.02. The molecule has 1 fully saturated rings. The summed E-state index contributed by atoms with van der Waals surface area (Å²) in [6, 6.07) is 11.7. The minimum atomic E-state index is -3.69. The lowest BCUT2D eigenvalue weighted by Gasteiger charge is -2.33. The zero-order valence-electron chi connectivity index (χ0n) is 16.7. The molecule has 0 radical (unpaired) electrons. The summed E-state index contributed by atoms with van der Waals surface area (Å²) < 4.78 is 37.4. The molecule has 0 saturated carbocycles. The van der Waals surface area contributed by atoms with E-state index in [1.54, 1.807) is 61.6 Å². The average Bonchev–Trinajstić information content (AvgIpc) is 2.77. The first kappa shape index (κ1) is 22.1. The Labute approximate surface area is 181 Å². The Morgan fingerprint density at radius 2 is 1.60 bits per heavy atom. The molecule has 0 bridgehead atoms. The van der Waals surface area contributed by atoms with E-state index < -0.39 is 10.0 Å². The van der Waals surface area contributed by atoms with E-state index in [0.717, 1.165) is 5.56 Å². The quantitative estimate of drug-likeness (QED) is 0.632. The van der Waals surface area contributed by atoms with Crippen molar-refractivity contribution in [2.75, 3.05) is 40.4 Å². The highest BCUT2D eigenvalue weighted by molar-refractivity contribution is 7.89. The Morgan fingerprint density at radius 3 is 2.17 bits per heavy atom. The number of nitrogens with zero attached hydrogens (tertiary/aromatic N) is 2. The molecule has 1 saturated heterocycles. The monoisotopic (exact) mass is 450 g/mol. The molecule has 1 aliphatic rings. The van der Waals surface area contributed by atoms with E-state index in [1.165, 1.54) is 16.4 Å². The second kappa shape index (κ2) is 9.51. The van der Waals surface area contributed by atoms with Crippen LogP contribution >= 0.6 is 11.6 Å². The van der Waals surface area contributed by atoms with Gasteiger partial charge < -0.3 is 14.4 Å². The normalized spacial score (nSPS) is 15.4. The first-order valence-electron chi connectivity index (χ1n) is 9.30. The van der Waals surface area contributed by atoms with E-state index in [0.29, 0.717) is 24.6 Å². The zero-order chi connectivity index (χ0) is 21.7. The van der Waals surface area contributed by atoms with E-state index >= 15 is 0 Å². The van der Waals surface area contributed by atoms with Gasteiger partial charge in [0.1, 0.15) is 16.4 Å². The predicted molar refractivity (Wildman–Crippen MR) is 115 cm³/mol. The summed E-state index contributed by atoms with van der Waals surface area (Å²) in [6.07, 6.45) is 3.15. The molecule has 0 unspecified atom stereocenters. The van der Waals surface area contributed by atoms with Crippen LogP contribution in [-0.4, -0.2) is 63.9 Å². The van der Waals surface area contributed by atoms with Gasteiger partial charge in [0.2, 0.25) is 15.9 Å². The van der Waals surface area contributed by atoms with Crippen LogP contribution in [0.1, 0.15) is 5.56 Å². The summed E-state index contributed by atoms with van der Waals surface area (Å²) in [5.74, 6) is 1.06. The smallest absolute Gasteiger partial charge is 0.246 e. The lowest BCUT2D eigenvalue weighted by molar-refractivity contribution is -0.127. The lowest BCUT2D eigenvalue weighted by Crippen LogP contribution is -2.50. The van der Waals surface area contributed by atoms with E-state index in [2.05, 4.69) is 0 Å². The SMILES string of the molecule is COc1cc(/C=C/C(=O)N2CCN(S(=O)(=O)c3ccccc3Cl)CC2)cc(OC)c1. The number of rotatable bonds is 6. The molecule has 1 aliphatic heterocycles. The number of hydrogen-bond donors (Lipinski definition) is 0. The zero-order valence-corrected chi connectivity index (χ0v) is 18.3. The Bertz CT molecular complexity index is 1020. The molecular formula is C21H23ClN2O5S. The van der Waals surface area contributed by atoms with Gasteiger partial charge in [-0.15, -0.1) is 0 Å². The predicted octanol–water partition coefficient (Wildman–Crippen LogP) is 2.90. The summed E-state index contributed by atoms with van der Waals surface area (Å²) in [5.41, 5.74) is 0.763. The maximum absolute atomic E-state index is 12.8. The third-order valence-electron chi connectivity index (χ3n) is 4.80. The first-order chi connectivity index (χ1) is 14.3. The molecule has 3 rings (SSSR count). The largest absolute Gasteiger partial charge is 0.497 e. The van der Waals surface area contributed by atoms with Crippen LogP contribution < -0.4 is 9.47 Å². The molecule has 0 N–H and O–H groups in total. The Hall–Kier alpha value is -2.55. The number of halogens is 1. The van der Waals surface area contributed by atoms with Crippen molar-refractivity contribution in [2.24, 2.45) is 0 Å². The average molecular weight is 451 g/mol. The molecular weight excluding hydrogens is 428 g/mol. The molecule has 0 spiro atoms. The highest BCUT2D eigenvalue weighted by atomic mass is 35.5. The molecule has 30 heavy (non-hydrogen) atoms. The van der Waals surface area contributed by atoms with Gasteiger partial charge in [0.15, 0.2) is 0 Å². The lowest BCUT2D eigenvalue weighted by atomic mass is 10.2. The third-order valence-corrected chi connectivity index (χ3v) is 7.20. The van der Waals surface area contributed by atoms with Gasteiger partial charge in [0, 0.05) is 38.3 Å². The second-order valence-electron chi connectivity index (χ2n) is 6.64. The van der Waals surface area contributed by atoms with Crippen LogP contribution in [0.25, 0.3) is 6.08 Å². The van der Waals surface area contributed by atoms with Crippen molar-refractivity contribution < 1.29 is 22.7 Å². The summed E-state index contributed by atoms with van der Waals surface area (Å²) >= 11 is 6.05. The number of carbonyl (C=O) groups excluding carboxylic acids is 1. The van der Waals surface area contributed by atoms with Crippen LogP contribution in [0.2, 0.25) is 5.02 Å². The minimum Gasteiger partial charge on any atom is -0.497 e. The fourth-order valence-electron chi connectivity index (χ4n) is 3.14. The standard InChI is InChI=1S/C21H23ClN2O5S/c1-28-17-13-16(14-18(15-17)29-2)7-8-21(25)23-9-11-24(12-10-23)30(26,27)20-6-4-3-5-19(20)22/h3-8,13-15H,9-12H2,1-2H3/b8-7+. The molecule has 0 atom stereocenters. The van der Waals surface area contributed by atoms with Crippen molar-refractivity contribution in [2.45, 2.75) is 4.90 Å². The van der Waals surface area contributed by atoms with Crippen molar-refractivity contribution in [1.29, 1.82) is 0 Å². The number of piperazine rings is 1. The third kappa shape index (κ3) is 4.95. The van der Waals surface area contributed by atoms with Crippen LogP contribution in [0.3, 0.4) is 0 Å². The fourth-order valence-corrected chi connectivity index (χ4v) is 5.06. The van der Waals surface area contributed by atoms with Crippen molar-refractivity contribution in [3.05, 3.63) is 59.1 Å². The minimum absolute atomic E-state index is 0.0818. The van der Waals surface area contributed by atoms with Crippen molar-refractivity contribution in [3.8, 4) is 11.5 Å². The summed E-state index contributed by atoms with van der Waals surface area (Å²) in [6.45, 7) is 1.02. The molecule has 0 aromatic heterocycles. The van der Waals surface area contributed by atoms with Crippen molar-refractivity contribution >= 4 is 33.6 Å². The summed E-state index contributed by atoms with van der Waals surface area (Å²) in [4.78, 5) is 14.2. The van der Waals surface area contributed by atoms with Gasteiger partial charge in [-0.3, -0.25) is 4.79 Å². The number of benzene rings is 2. The highest BCUT2D eigenvalue weighted by Crippen LogP contribution is 2.25. The maximum atomic E-state index is 12.8. The van der Waals surface area contributed by atoms with Crippen LogP contribution in [0, 0.1) is 0 Å². The summed E-state index contributed by atoms with van der Waals surface area (Å²) in [5, 5.41) is 0.188. The first-order valence-corrected chi connectivity index (χ1v) is 11.1. The number of methoxy groups -OCH3 is 2. The van der Waals surface area contributed by atoms with E-state index in [9.17, 15) is 13.2 Å².